The Bertz CT molecular complexity index is 37.2. The second-order valence-corrected chi connectivity index (χ2v) is 1.03. The van der Waals surface area contributed by atoms with Gasteiger partial charge in [0.15, 0.2) is 17.4 Å². The van der Waals surface area contributed by atoms with E-state index in [-0.39, 0.29) is 63.4 Å². The third-order valence-corrected chi connectivity index (χ3v) is 0.632. The summed E-state index contributed by atoms with van der Waals surface area (Å²) in [5.41, 5.74) is 0. The zero-order chi connectivity index (χ0) is 4.28. The van der Waals surface area contributed by atoms with Crippen LogP contribution in [0.3, 0.4) is 0 Å². The quantitative estimate of drug-likeness (QED) is 0.399. The van der Waals surface area contributed by atoms with E-state index in [1.165, 1.54) is 0 Å². The molecule has 0 saturated carbocycles. The van der Waals surface area contributed by atoms with Gasteiger partial charge in [0.1, 0.15) is 10.5 Å². The van der Waals surface area contributed by atoms with E-state index in [4.69, 9.17) is 10.0 Å². The molecular weight excluding hydrogens is 170 g/mol. The van der Waals surface area contributed by atoms with Crippen LogP contribution in [0.25, 0.3) is 0 Å². The molecule has 0 rings (SSSR count). The minimum absolute atomic E-state index is 0. The van der Waals surface area contributed by atoms with Crippen LogP contribution in [0.15, 0.2) is 0 Å². The van der Waals surface area contributed by atoms with Crippen molar-refractivity contribution in [3.05, 3.63) is 0 Å². The fraction of sp³-hybridized carbons (Fsp3) is 0. The topological polar surface area (TPSA) is 81.2 Å². The van der Waals surface area contributed by atoms with Crippen LogP contribution < -0.4 is 0 Å². The Hall–Kier alpha value is 1.91. The molecule has 8 heavy (non-hydrogen) atoms. The standard InChI is InChI=1S/Al.BH5O3Si.Ca.H2O.5H/c;2-1(3)4-5;;;;;;;/h;2-3H,5H3;;1H2;;;;;/q;;+2;;;;;2*-1. The minimum Gasteiger partial charge on any atom is -1.00 e. The molecule has 0 radical (unpaired) electrons. The van der Waals surface area contributed by atoms with E-state index in [0.717, 1.165) is 0 Å². The molecule has 0 bridgehead atoms. The molecule has 0 heterocycles. The van der Waals surface area contributed by atoms with Gasteiger partial charge in [0.05, 0.1) is 0 Å². The molecule has 8 heteroatoms. The van der Waals surface area contributed by atoms with Crippen molar-refractivity contribution in [3.8, 4) is 0 Å². The van der Waals surface area contributed by atoms with Crippen molar-refractivity contribution in [2.75, 3.05) is 0 Å². The Balaban J connectivity index is -0.00000000800. The molecule has 0 fully saturated rings. The predicted molar refractivity (Wildman–Crippen MR) is 42.7 cm³/mol. The van der Waals surface area contributed by atoms with Crippen molar-refractivity contribution in [2.24, 2.45) is 0 Å². The number of hydrogen-bond acceptors (Lipinski definition) is 3. The molecule has 0 aromatic heterocycles. The fourth-order valence-corrected chi connectivity index (χ4v) is 0. The summed E-state index contributed by atoms with van der Waals surface area (Å²) in [6.07, 6.45) is 0. The molecule has 0 unspecified atom stereocenters. The Morgan fingerprint density at radius 3 is 1.62 bits per heavy atom. The first-order chi connectivity index (χ1) is 2.27. The van der Waals surface area contributed by atoms with Gasteiger partial charge in [-0.05, 0) is 0 Å². The van der Waals surface area contributed by atoms with Gasteiger partial charge in [0.25, 0.3) is 0 Å². The first-order valence-electron chi connectivity index (χ1n) is 1.16. The van der Waals surface area contributed by atoms with Crippen molar-refractivity contribution in [1.82, 2.24) is 0 Å². The van der Waals surface area contributed by atoms with E-state index in [9.17, 15) is 0 Å². The molecule has 0 saturated heterocycles. The van der Waals surface area contributed by atoms with Crippen molar-refractivity contribution in [2.45, 2.75) is 0 Å². The smallest absolute Gasteiger partial charge is 1.00 e. The van der Waals surface area contributed by atoms with Crippen molar-refractivity contribution >= 4 is 72.9 Å². The van der Waals surface area contributed by atoms with Crippen LogP contribution in [-0.2, 0) is 4.34 Å². The zero-order valence-corrected chi connectivity index (χ0v) is 8.30. The van der Waals surface area contributed by atoms with E-state index in [0.29, 0.717) is 10.5 Å². The third kappa shape index (κ3) is 24.7. The maximum Gasteiger partial charge on any atom is 2.00 e. The molecule has 0 spiro atoms. The van der Waals surface area contributed by atoms with Gasteiger partial charge in [-0.1, -0.05) is 0 Å². The molecule has 4 nitrogen and oxygen atoms in total. The number of rotatable bonds is 1. The van der Waals surface area contributed by atoms with Crippen molar-refractivity contribution in [3.63, 3.8) is 0 Å². The van der Waals surface area contributed by atoms with E-state index >= 15 is 0 Å². The molecule has 0 amide bonds. The van der Waals surface area contributed by atoms with E-state index in [1.807, 2.05) is 0 Å². The summed E-state index contributed by atoms with van der Waals surface area (Å²) in [5.74, 6) is 0. The molecule has 0 aliphatic heterocycles. The van der Waals surface area contributed by atoms with Crippen LogP contribution >= 0.6 is 0 Å². The van der Waals surface area contributed by atoms with E-state index < -0.39 is 7.32 Å². The summed E-state index contributed by atoms with van der Waals surface area (Å²) in [5, 5.41) is 15.5. The van der Waals surface area contributed by atoms with E-state index in [2.05, 4.69) is 4.34 Å². The maximum absolute atomic E-state index is 7.73. The average molecular weight is 182 g/mol. The molecule has 0 aromatic rings. The zero-order valence-electron chi connectivity index (χ0n) is 6.09. The summed E-state index contributed by atoms with van der Waals surface area (Å²) in [6, 6.07) is 0. The molecule has 4 N–H and O–H groups in total. The molecule has 0 atom stereocenters. The summed E-state index contributed by atoms with van der Waals surface area (Å²) < 4.78 is 4.00. The van der Waals surface area contributed by atoms with Gasteiger partial charge in [-0.25, -0.2) is 0 Å². The SMILES string of the molecule is O.OB(O)O[SiH3].[AlH3].[Ca+2].[H-].[H-]. The van der Waals surface area contributed by atoms with Crippen molar-refractivity contribution < 1.29 is 22.7 Å². The van der Waals surface area contributed by atoms with Crippen LogP contribution in [0.2, 0.25) is 0 Å². The largest absolute Gasteiger partial charge is 2.00 e. The van der Waals surface area contributed by atoms with Gasteiger partial charge in [-0.15, -0.1) is 0 Å². The van der Waals surface area contributed by atoms with Gasteiger partial charge in [-0.3, -0.25) is 0 Å². The van der Waals surface area contributed by atoms with Gasteiger partial charge < -0.3 is 22.7 Å². The van der Waals surface area contributed by atoms with Crippen LogP contribution in [0.4, 0.5) is 0 Å². The minimum atomic E-state index is -1.55. The fourth-order valence-electron chi connectivity index (χ4n) is 0. The molecule has 0 aromatic carbocycles. The van der Waals surface area contributed by atoms with Crippen LogP contribution in [0.1, 0.15) is 2.85 Å². The van der Waals surface area contributed by atoms with Crippen LogP contribution in [0, 0.1) is 0 Å². The van der Waals surface area contributed by atoms with Gasteiger partial charge >= 0.3 is 45.1 Å². The Morgan fingerprint density at radius 1 is 1.50 bits per heavy atom. The summed E-state index contributed by atoms with van der Waals surface area (Å²) in [7, 11) is -1.18. The third-order valence-electron chi connectivity index (χ3n) is 0.211. The summed E-state index contributed by atoms with van der Waals surface area (Å²) in [4.78, 5) is 0. The molecule has 0 aliphatic carbocycles. The average Bonchev–Trinajstić information content (AvgIpc) is 1.38. The van der Waals surface area contributed by atoms with Gasteiger partial charge in [0, 0.05) is 0 Å². The van der Waals surface area contributed by atoms with Gasteiger partial charge in [0.2, 0.25) is 0 Å². The molecule has 0 aliphatic rings. The monoisotopic (exact) mass is 182 g/mol. The summed E-state index contributed by atoms with van der Waals surface area (Å²) in [6.45, 7) is 0. The van der Waals surface area contributed by atoms with Crippen LogP contribution in [-0.4, -0.2) is 88.4 Å². The first-order valence-corrected chi connectivity index (χ1v) is 1.98. The molecular formula is H12AlBCaO4Si. The Kier molecular flexibility index (Phi) is 44.9. The predicted octanol–water partition coefficient (Wildman–Crippen LogP) is -4.91. The number of hydrogen-bond donors (Lipinski definition) is 2. The van der Waals surface area contributed by atoms with Crippen molar-refractivity contribution in [1.29, 1.82) is 0 Å². The van der Waals surface area contributed by atoms with Gasteiger partial charge in [-0.2, -0.15) is 0 Å². The van der Waals surface area contributed by atoms with Crippen LogP contribution in [0.5, 0.6) is 0 Å². The Morgan fingerprint density at radius 2 is 1.62 bits per heavy atom. The van der Waals surface area contributed by atoms with E-state index in [1.54, 1.807) is 0 Å². The molecule has 48 valence electrons. The first kappa shape index (κ1) is 22.5. The normalized spacial score (nSPS) is 5.25. The second kappa shape index (κ2) is 16.0. The second-order valence-electron chi connectivity index (χ2n) is 0.562. The summed E-state index contributed by atoms with van der Waals surface area (Å²) >= 11 is 0. The maximum atomic E-state index is 7.73. The Labute approximate surface area is 94.7 Å².